The van der Waals surface area contributed by atoms with Crippen molar-refractivity contribution in [2.45, 2.75) is 19.8 Å². The molecule has 1 aromatic carbocycles. The minimum atomic E-state index is -1.04. The van der Waals surface area contributed by atoms with Gasteiger partial charge in [-0.15, -0.1) is 0 Å². The molecule has 0 bridgehead atoms. The number of urea groups is 1. The van der Waals surface area contributed by atoms with E-state index in [9.17, 15) is 9.59 Å². The first-order valence-corrected chi connectivity index (χ1v) is 7.09. The van der Waals surface area contributed by atoms with Crippen LogP contribution in [-0.2, 0) is 4.79 Å². The standard InChI is InChI=1S/C15H20N2O4/c1-2-11-6-7-17(9-11)15(20)16-12-4-3-5-13(8-12)21-10-14(18)19/h3-5,8,11H,2,6-7,9-10H2,1H3,(H,16,20)(H,18,19). The van der Waals surface area contributed by atoms with Crippen LogP contribution in [0.4, 0.5) is 10.5 Å². The van der Waals surface area contributed by atoms with Crippen LogP contribution in [0.2, 0.25) is 0 Å². The van der Waals surface area contributed by atoms with Gasteiger partial charge in [-0.2, -0.15) is 0 Å². The number of carbonyl (C=O) groups is 2. The van der Waals surface area contributed by atoms with Gasteiger partial charge in [-0.05, 0) is 24.5 Å². The second kappa shape index (κ2) is 6.97. The van der Waals surface area contributed by atoms with Gasteiger partial charge in [0.1, 0.15) is 5.75 Å². The Morgan fingerprint density at radius 1 is 1.48 bits per heavy atom. The van der Waals surface area contributed by atoms with Gasteiger partial charge in [-0.1, -0.05) is 19.4 Å². The predicted molar refractivity (Wildman–Crippen MR) is 78.6 cm³/mol. The second-order valence-corrected chi connectivity index (χ2v) is 5.15. The van der Waals surface area contributed by atoms with Gasteiger partial charge in [0, 0.05) is 24.8 Å². The molecule has 21 heavy (non-hydrogen) atoms. The molecule has 0 saturated carbocycles. The fraction of sp³-hybridized carbons (Fsp3) is 0.467. The quantitative estimate of drug-likeness (QED) is 0.873. The fourth-order valence-electron chi connectivity index (χ4n) is 2.36. The summed E-state index contributed by atoms with van der Waals surface area (Å²) in [6.45, 7) is 3.30. The minimum absolute atomic E-state index is 0.124. The molecule has 0 aliphatic carbocycles. The average Bonchev–Trinajstić information content (AvgIpc) is 2.94. The highest BCUT2D eigenvalue weighted by molar-refractivity contribution is 5.89. The Kier molecular flexibility index (Phi) is 5.03. The van der Waals surface area contributed by atoms with E-state index >= 15 is 0 Å². The van der Waals surface area contributed by atoms with E-state index in [1.54, 1.807) is 29.2 Å². The largest absolute Gasteiger partial charge is 0.482 e. The molecule has 0 radical (unpaired) electrons. The molecule has 1 heterocycles. The van der Waals surface area contributed by atoms with Crippen molar-refractivity contribution in [3.05, 3.63) is 24.3 Å². The van der Waals surface area contributed by atoms with Crippen LogP contribution in [0.3, 0.4) is 0 Å². The summed E-state index contributed by atoms with van der Waals surface area (Å²) in [6.07, 6.45) is 2.13. The number of benzene rings is 1. The Bertz CT molecular complexity index is 518. The molecule has 0 spiro atoms. The third-order valence-electron chi connectivity index (χ3n) is 3.60. The number of hydrogen-bond donors (Lipinski definition) is 2. The van der Waals surface area contributed by atoms with Crippen LogP contribution >= 0.6 is 0 Å². The molecule has 1 aromatic rings. The summed E-state index contributed by atoms with van der Waals surface area (Å²) in [5.74, 6) is -0.0313. The summed E-state index contributed by atoms with van der Waals surface area (Å²) in [5, 5.41) is 11.4. The molecule has 6 heteroatoms. The molecule has 6 nitrogen and oxygen atoms in total. The van der Waals surface area contributed by atoms with Crippen molar-refractivity contribution < 1.29 is 19.4 Å². The Balaban J connectivity index is 1.91. The van der Waals surface area contributed by atoms with Crippen LogP contribution in [-0.4, -0.2) is 41.7 Å². The van der Waals surface area contributed by atoms with E-state index in [1.807, 2.05) is 0 Å². The highest BCUT2D eigenvalue weighted by atomic mass is 16.5. The smallest absolute Gasteiger partial charge is 0.341 e. The summed E-state index contributed by atoms with van der Waals surface area (Å²) in [5.41, 5.74) is 0.600. The van der Waals surface area contributed by atoms with Crippen LogP contribution in [0.5, 0.6) is 5.75 Å². The molecule has 2 N–H and O–H groups in total. The maximum absolute atomic E-state index is 12.1. The zero-order valence-electron chi connectivity index (χ0n) is 12.0. The van der Waals surface area contributed by atoms with Crippen molar-refractivity contribution in [3.8, 4) is 5.75 Å². The second-order valence-electron chi connectivity index (χ2n) is 5.15. The van der Waals surface area contributed by atoms with E-state index in [2.05, 4.69) is 12.2 Å². The summed E-state index contributed by atoms with van der Waals surface area (Å²) in [4.78, 5) is 24.4. The number of hydrogen-bond acceptors (Lipinski definition) is 3. The zero-order chi connectivity index (χ0) is 15.2. The van der Waals surface area contributed by atoms with Gasteiger partial charge in [0.25, 0.3) is 0 Å². The lowest BCUT2D eigenvalue weighted by atomic mass is 10.1. The van der Waals surface area contributed by atoms with Crippen molar-refractivity contribution in [1.82, 2.24) is 4.90 Å². The van der Waals surface area contributed by atoms with Crippen LogP contribution in [0.1, 0.15) is 19.8 Å². The molecule has 0 aromatic heterocycles. The van der Waals surface area contributed by atoms with Crippen molar-refractivity contribution >= 4 is 17.7 Å². The molecule has 1 atom stereocenters. The van der Waals surface area contributed by atoms with Gasteiger partial charge >= 0.3 is 12.0 Å². The predicted octanol–water partition coefficient (Wildman–Crippen LogP) is 2.41. The van der Waals surface area contributed by atoms with E-state index < -0.39 is 12.6 Å². The molecule has 1 aliphatic heterocycles. The summed E-state index contributed by atoms with van der Waals surface area (Å²) in [6, 6.07) is 6.61. The number of ether oxygens (including phenoxy) is 1. The number of nitrogens with one attached hydrogen (secondary N) is 1. The van der Waals surface area contributed by atoms with Crippen LogP contribution in [0.25, 0.3) is 0 Å². The van der Waals surface area contributed by atoms with Crippen LogP contribution in [0.15, 0.2) is 24.3 Å². The molecule has 114 valence electrons. The van der Waals surface area contributed by atoms with Gasteiger partial charge in [0.15, 0.2) is 6.61 Å². The molecule has 2 amide bonds. The Morgan fingerprint density at radius 2 is 2.29 bits per heavy atom. The van der Waals surface area contributed by atoms with Crippen molar-refractivity contribution in [2.24, 2.45) is 5.92 Å². The Morgan fingerprint density at radius 3 is 2.95 bits per heavy atom. The third kappa shape index (κ3) is 4.37. The van der Waals surface area contributed by atoms with Gasteiger partial charge in [0.05, 0.1) is 0 Å². The van der Waals surface area contributed by atoms with E-state index in [0.717, 1.165) is 25.9 Å². The number of anilines is 1. The number of carboxylic acids is 1. The Hall–Kier alpha value is -2.24. The maximum Gasteiger partial charge on any atom is 0.341 e. The number of rotatable bonds is 5. The first-order valence-electron chi connectivity index (χ1n) is 7.09. The lowest BCUT2D eigenvalue weighted by Crippen LogP contribution is -2.32. The number of carboxylic acid groups (broad SMARTS) is 1. The number of likely N-dealkylation sites (tertiary alicyclic amines) is 1. The lowest BCUT2D eigenvalue weighted by Gasteiger charge is -2.17. The van der Waals surface area contributed by atoms with Crippen molar-refractivity contribution in [2.75, 3.05) is 25.0 Å². The number of aliphatic carboxylic acids is 1. The fourth-order valence-corrected chi connectivity index (χ4v) is 2.36. The summed E-state index contributed by atoms with van der Waals surface area (Å²) in [7, 11) is 0. The minimum Gasteiger partial charge on any atom is -0.482 e. The normalized spacial score (nSPS) is 17.6. The SMILES string of the molecule is CCC1CCN(C(=O)Nc2cccc(OCC(=O)O)c2)C1. The molecule has 1 fully saturated rings. The number of nitrogens with zero attached hydrogens (tertiary/aromatic N) is 1. The Labute approximate surface area is 123 Å². The van der Waals surface area contributed by atoms with Gasteiger partial charge < -0.3 is 20.1 Å². The van der Waals surface area contributed by atoms with Gasteiger partial charge in [-0.3, -0.25) is 0 Å². The summed E-state index contributed by atoms with van der Waals surface area (Å²) < 4.78 is 5.09. The van der Waals surface area contributed by atoms with E-state index in [4.69, 9.17) is 9.84 Å². The molecular weight excluding hydrogens is 272 g/mol. The topological polar surface area (TPSA) is 78.9 Å². The van der Waals surface area contributed by atoms with E-state index in [1.165, 1.54) is 0 Å². The van der Waals surface area contributed by atoms with Crippen molar-refractivity contribution in [1.29, 1.82) is 0 Å². The number of amides is 2. The van der Waals surface area contributed by atoms with Crippen LogP contribution in [0, 0.1) is 5.92 Å². The highest BCUT2D eigenvalue weighted by Crippen LogP contribution is 2.21. The van der Waals surface area contributed by atoms with Gasteiger partial charge in [-0.25, -0.2) is 9.59 Å². The van der Waals surface area contributed by atoms with E-state index in [-0.39, 0.29) is 6.03 Å². The molecule has 2 rings (SSSR count). The molecule has 1 unspecified atom stereocenters. The lowest BCUT2D eigenvalue weighted by molar-refractivity contribution is -0.139. The molecule has 1 saturated heterocycles. The number of carbonyl (C=O) groups excluding carboxylic acids is 1. The third-order valence-corrected chi connectivity index (χ3v) is 3.60. The van der Waals surface area contributed by atoms with Crippen molar-refractivity contribution in [3.63, 3.8) is 0 Å². The zero-order valence-corrected chi connectivity index (χ0v) is 12.0. The molecule has 1 aliphatic rings. The maximum atomic E-state index is 12.1. The highest BCUT2D eigenvalue weighted by Gasteiger charge is 2.24. The first kappa shape index (κ1) is 15.2. The summed E-state index contributed by atoms with van der Waals surface area (Å²) >= 11 is 0. The average molecular weight is 292 g/mol. The molecular formula is C15H20N2O4. The van der Waals surface area contributed by atoms with Gasteiger partial charge in [0.2, 0.25) is 0 Å². The van der Waals surface area contributed by atoms with Crippen LogP contribution < -0.4 is 10.1 Å². The monoisotopic (exact) mass is 292 g/mol. The first-order chi connectivity index (χ1) is 10.1. The van der Waals surface area contributed by atoms with E-state index in [0.29, 0.717) is 17.4 Å².